The van der Waals surface area contributed by atoms with Crippen LogP contribution in [0.1, 0.15) is 16.8 Å². The van der Waals surface area contributed by atoms with Crippen molar-refractivity contribution in [1.29, 1.82) is 0 Å². The molecule has 124 valence electrons. The number of pyridine rings is 1. The van der Waals surface area contributed by atoms with E-state index in [0.717, 1.165) is 12.0 Å². The summed E-state index contributed by atoms with van der Waals surface area (Å²) in [5.41, 5.74) is 2.49. The van der Waals surface area contributed by atoms with Gasteiger partial charge in [-0.1, -0.05) is 11.6 Å². The summed E-state index contributed by atoms with van der Waals surface area (Å²) in [6, 6.07) is 8.59. The number of fused-ring (bicyclic) bond motifs is 1. The van der Waals surface area contributed by atoms with Crippen molar-refractivity contribution in [2.45, 2.75) is 6.42 Å². The van der Waals surface area contributed by atoms with Crippen LogP contribution in [0.4, 0.5) is 0 Å². The zero-order valence-electron chi connectivity index (χ0n) is 13.1. The van der Waals surface area contributed by atoms with Crippen LogP contribution in [0.5, 0.6) is 0 Å². The lowest BCUT2D eigenvalue weighted by Gasteiger charge is -2.04. The SMILES string of the molecule is COCCCNC(=O)c1ccc2oc(-c3ccnc(Cl)c3)nc2c1. The second kappa shape index (κ2) is 7.42. The molecule has 2 aromatic heterocycles. The molecule has 3 rings (SSSR count). The van der Waals surface area contributed by atoms with E-state index >= 15 is 0 Å². The summed E-state index contributed by atoms with van der Waals surface area (Å²) in [5, 5.41) is 3.21. The molecule has 7 heteroatoms. The van der Waals surface area contributed by atoms with E-state index in [1.165, 1.54) is 0 Å². The van der Waals surface area contributed by atoms with Crippen LogP contribution >= 0.6 is 11.6 Å². The van der Waals surface area contributed by atoms with Crippen LogP contribution in [0.15, 0.2) is 40.9 Å². The molecule has 0 bridgehead atoms. The van der Waals surface area contributed by atoms with Crippen LogP contribution in [0.3, 0.4) is 0 Å². The van der Waals surface area contributed by atoms with E-state index in [2.05, 4.69) is 15.3 Å². The van der Waals surface area contributed by atoms with Crippen LogP contribution in [0.2, 0.25) is 5.15 Å². The van der Waals surface area contributed by atoms with Gasteiger partial charge in [0.05, 0.1) is 0 Å². The standard InChI is InChI=1S/C17H16ClN3O3/c1-23-8-2-6-20-16(22)11-3-4-14-13(9-11)21-17(24-14)12-5-7-19-15(18)10-12/h3-5,7,9-10H,2,6,8H2,1H3,(H,20,22). The maximum atomic E-state index is 12.1. The largest absolute Gasteiger partial charge is 0.436 e. The quantitative estimate of drug-likeness (QED) is 0.548. The molecular formula is C17H16ClN3O3. The lowest BCUT2D eigenvalue weighted by molar-refractivity contribution is 0.0948. The smallest absolute Gasteiger partial charge is 0.251 e. The molecule has 0 unspecified atom stereocenters. The van der Waals surface area contributed by atoms with E-state index in [4.69, 9.17) is 20.8 Å². The first-order valence-corrected chi connectivity index (χ1v) is 7.85. The van der Waals surface area contributed by atoms with Gasteiger partial charge in [0, 0.05) is 37.6 Å². The van der Waals surface area contributed by atoms with Gasteiger partial charge in [0.1, 0.15) is 10.7 Å². The normalized spacial score (nSPS) is 10.9. The molecule has 0 spiro atoms. The van der Waals surface area contributed by atoms with Crippen LogP contribution in [-0.4, -0.2) is 36.1 Å². The van der Waals surface area contributed by atoms with Gasteiger partial charge in [-0.05, 0) is 36.8 Å². The summed E-state index contributed by atoms with van der Waals surface area (Å²) in [7, 11) is 1.63. The summed E-state index contributed by atoms with van der Waals surface area (Å²) in [5.74, 6) is 0.288. The number of methoxy groups -OCH3 is 1. The second-order valence-corrected chi connectivity index (χ2v) is 5.56. The molecular weight excluding hydrogens is 330 g/mol. The van der Waals surface area contributed by atoms with Crippen LogP contribution in [0, 0.1) is 0 Å². The topological polar surface area (TPSA) is 77.2 Å². The third-order valence-corrected chi connectivity index (χ3v) is 3.64. The van der Waals surface area contributed by atoms with Gasteiger partial charge in [-0.15, -0.1) is 0 Å². The van der Waals surface area contributed by atoms with Gasteiger partial charge in [-0.25, -0.2) is 9.97 Å². The summed E-state index contributed by atoms with van der Waals surface area (Å²) in [6.07, 6.45) is 2.35. The summed E-state index contributed by atoms with van der Waals surface area (Å²) >= 11 is 5.89. The van der Waals surface area contributed by atoms with Gasteiger partial charge < -0.3 is 14.5 Å². The van der Waals surface area contributed by atoms with Crippen molar-refractivity contribution in [2.75, 3.05) is 20.3 Å². The van der Waals surface area contributed by atoms with Crippen molar-refractivity contribution >= 4 is 28.6 Å². The highest BCUT2D eigenvalue weighted by Crippen LogP contribution is 2.25. The molecule has 0 aliphatic rings. The van der Waals surface area contributed by atoms with E-state index in [-0.39, 0.29) is 5.91 Å². The van der Waals surface area contributed by atoms with Crippen molar-refractivity contribution < 1.29 is 13.9 Å². The summed E-state index contributed by atoms with van der Waals surface area (Å²) in [6.45, 7) is 1.17. The zero-order chi connectivity index (χ0) is 16.9. The fraction of sp³-hybridized carbons (Fsp3) is 0.235. The molecule has 2 heterocycles. The van der Waals surface area contributed by atoms with Crippen molar-refractivity contribution in [1.82, 2.24) is 15.3 Å². The third kappa shape index (κ3) is 3.72. The minimum absolute atomic E-state index is 0.149. The highest BCUT2D eigenvalue weighted by molar-refractivity contribution is 6.29. The highest BCUT2D eigenvalue weighted by atomic mass is 35.5. The number of halogens is 1. The Morgan fingerprint density at radius 3 is 3.00 bits per heavy atom. The average Bonchev–Trinajstić information content (AvgIpc) is 3.02. The van der Waals surface area contributed by atoms with Gasteiger partial charge in [0.25, 0.3) is 5.91 Å². The number of hydrogen-bond acceptors (Lipinski definition) is 5. The fourth-order valence-electron chi connectivity index (χ4n) is 2.25. The Labute approximate surface area is 143 Å². The lowest BCUT2D eigenvalue weighted by Crippen LogP contribution is -2.25. The number of carbonyl (C=O) groups excluding carboxylic acids is 1. The highest BCUT2D eigenvalue weighted by Gasteiger charge is 2.12. The van der Waals surface area contributed by atoms with Crippen molar-refractivity contribution in [3.63, 3.8) is 0 Å². The molecule has 0 aliphatic carbocycles. The molecule has 6 nitrogen and oxygen atoms in total. The summed E-state index contributed by atoms with van der Waals surface area (Å²) in [4.78, 5) is 20.5. The van der Waals surface area contributed by atoms with E-state index in [0.29, 0.717) is 40.9 Å². The first kappa shape index (κ1) is 16.4. The van der Waals surface area contributed by atoms with Gasteiger partial charge in [0.15, 0.2) is 5.58 Å². The van der Waals surface area contributed by atoms with Crippen LogP contribution < -0.4 is 5.32 Å². The van der Waals surface area contributed by atoms with E-state index < -0.39 is 0 Å². The van der Waals surface area contributed by atoms with Gasteiger partial charge in [-0.2, -0.15) is 0 Å². The van der Waals surface area contributed by atoms with Crippen molar-refractivity contribution in [3.05, 3.63) is 47.2 Å². The Morgan fingerprint density at radius 2 is 2.21 bits per heavy atom. The number of nitrogens with zero attached hydrogens (tertiary/aromatic N) is 2. The Hall–Kier alpha value is -2.44. The molecule has 1 amide bonds. The Morgan fingerprint density at radius 1 is 1.33 bits per heavy atom. The first-order chi connectivity index (χ1) is 11.7. The second-order valence-electron chi connectivity index (χ2n) is 5.17. The number of amides is 1. The number of ether oxygens (including phenoxy) is 1. The predicted molar refractivity (Wildman–Crippen MR) is 91.1 cm³/mol. The Bertz CT molecular complexity index is 863. The number of rotatable bonds is 6. The maximum Gasteiger partial charge on any atom is 0.251 e. The zero-order valence-corrected chi connectivity index (χ0v) is 13.8. The van der Waals surface area contributed by atoms with Crippen molar-refractivity contribution in [3.8, 4) is 11.5 Å². The molecule has 0 saturated heterocycles. The van der Waals surface area contributed by atoms with Gasteiger partial charge in [0.2, 0.25) is 5.89 Å². The number of nitrogens with one attached hydrogen (secondary N) is 1. The first-order valence-electron chi connectivity index (χ1n) is 7.47. The molecule has 0 radical (unpaired) electrons. The number of hydrogen-bond donors (Lipinski definition) is 1. The fourth-order valence-corrected chi connectivity index (χ4v) is 2.42. The molecule has 0 saturated carbocycles. The number of benzene rings is 1. The van der Waals surface area contributed by atoms with Crippen LogP contribution in [0.25, 0.3) is 22.6 Å². The van der Waals surface area contributed by atoms with E-state index in [1.807, 2.05) is 0 Å². The minimum atomic E-state index is -0.149. The van der Waals surface area contributed by atoms with Crippen molar-refractivity contribution in [2.24, 2.45) is 0 Å². The van der Waals surface area contributed by atoms with E-state index in [1.54, 1.807) is 43.6 Å². The number of carbonyl (C=O) groups is 1. The molecule has 0 fully saturated rings. The molecule has 0 atom stereocenters. The Balaban J connectivity index is 1.80. The molecule has 24 heavy (non-hydrogen) atoms. The van der Waals surface area contributed by atoms with Crippen LogP contribution in [-0.2, 0) is 4.74 Å². The monoisotopic (exact) mass is 345 g/mol. The molecule has 1 aromatic carbocycles. The molecule has 0 aliphatic heterocycles. The van der Waals surface area contributed by atoms with Gasteiger partial charge >= 0.3 is 0 Å². The maximum absolute atomic E-state index is 12.1. The summed E-state index contributed by atoms with van der Waals surface area (Å²) < 4.78 is 10.7. The number of oxazole rings is 1. The van der Waals surface area contributed by atoms with E-state index in [9.17, 15) is 4.79 Å². The predicted octanol–water partition coefficient (Wildman–Crippen LogP) is 3.31. The minimum Gasteiger partial charge on any atom is -0.436 e. The lowest BCUT2D eigenvalue weighted by atomic mass is 10.2. The average molecular weight is 346 g/mol. The number of aromatic nitrogens is 2. The van der Waals surface area contributed by atoms with Gasteiger partial charge in [-0.3, -0.25) is 4.79 Å². The Kier molecular flexibility index (Phi) is 5.08. The molecule has 1 N–H and O–H groups in total. The molecule has 3 aromatic rings. The third-order valence-electron chi connectivity index (χ3n) is 3.43.